The SMILES string of the molecule is CCN(CC)CCN(C)C(=O)c1cccc(Nc2nccc(N(Cc3cc(OC)ccc3OC)C(=O)Oc3c(C)cc(C)cc3C)n2)c1. The van der Waals surface area contributed by atoms with E-state index in [1.165, 1.54) is 4.90 Å². The van der Waals surface area contributed by atoms with E-state index in [4.69, 9.17) is 19.2 Å². The minimum Gasteiger partial charge on any atom is -0.497 e. The van der Waals surface area contributed by atoms with Gasteiger partial charge in [-0.05, 0) is 87.5 Å². The number of amides is 2. The molecule has 2 amide bonds. The van der Waals surface area contributed by atoms with E-state index in [-0.39, 0.29) is 18.4 Å². The van der Waals surface area contributed by atoms with E-state index in [2.05, 4.69) is 29.0 Å². The minimum absolute atomic E-state index is 0.0728. The molecule has 0 unspecified atom stereocenters. The van der Waals surface area contributed by atoms with Gasteiger partial charge < -0.3 is 29.3 Å². The Morgan fingerprint density at radius 2 is 1.60 bits per heavy atom. The topological polar surface area (TPSA) is 109 Å². The van der Waals surface area contributed by atoms with Crippen LogP contribution in [0.25, 0.3) is 0 Å². The molecule has 0 atom stereocenters. The average Bonchev–Trinajstić information content (AvgIpc) is 3.08. The Labute approximate surface area is 283 Å². The maximum atomic E-state index is 14.0. The molecule has 0 fully saturated rings. The van der Waals surface area contributed by atoms with Crippen LogP contribution in [0.1, 0.15) is 46.5 Å². The summed E-state index contributed by atoms with van der Waals surface area (Å²) in [5.74, 6) is 2.14. The van der Waals surface area contributed by atoms with Crippen molar-refractivity contribution in [1.82, 2.24) is 19.8 Å². The third kappa shape index (κ3) is 9.01. The highest BCUT2D eigenvalue weighted by Gasteiger charge is 2.24. The third-order valence-corrected chi connectivity index (χ3v) is 8.11. The molecular formula is C37H46N6O5. The van der Waals surface area contributed by atoms with Crippen LogP contribution in [0.2, 0.25) is 0 Å². The van der Waals surface area contributed by atoms with Crippen molar-refractivity contribution in [2.45, 2.75) is 41.2 Å². The molecule has 1 N–H and O–H groups in total. The molecule has 0 aliphatic carbocycles. The van der Waals surface area contributed by atoms with E-state index in [1.54, 1.807) is 55.6 Å². The van der Waals surface area contributed by atoms with Gasteiger partial charge in [-0.25, -0.2) is 9.78 Å². The van der Waals surface area contributed by atoms with Gasteiger partial charge in [-0.1, -0.05) is 37.6 Å². The molecule has 4 rings (SSSR count). The van der Waals surface area contributed by atoms with Gasteiger partial charge in [-0.15, -0.1) is 0 Å². The zero-order valence-corrected chi connectivity index (χ0v) is 29.2. The van der Waals surface area contributed by atoms with Crippen LogP contribution in [0.4, 0.5) is 22.2 Å². The first kappa shape index (κ1) is 35.7. The highest BCUT2D eigenvalue weighted by molar-refractivity contribution is 5.95. The number of hydrogen-bond acceptors (Lipinski definition) is 9. The van der Waals surface area contributed by atoms with E-state index in [0.29, 0.717) is 46.4 Å². The Kier molecular flexibility index (Phi) is 12.3. The Morgan fingerprint density at radius 1 is 0.875 bits per heavy atom. The quantitative estimate of drug-likeness (QED) is 0.157. The molecule has 0 aliphatic rings. The number of methoxy groups -OCH3 is 2. The number of rotatable bonds is 14. The van der Waals surface area contributed by atoms with Crippen molar-refractivity contribution in [3.05, 3.63) is 94.7 Å². The molecule has 0 spiro atoms. The average molecular weight is 655 g/mol. The standard InChI is InChI=1S/C37H46N6O5/c1-9-42(10-2)19-18-41(6)35(44)28-12-11-13-30(22-28)39-36-38-17-16-33(40-36)43(24-29-23-31(46-7)14-15-32(29)47-8)37(45)48-34-26(4)20-25(3)21-27(34)5/h11-17,20-23H,9-10,18-19,24H2,1-8H3,(H,38,39,40). The van der Waals surface area contributed by atoms with Crippen LogP contribution < -0.4 is 24.4 Å². The van der Waals surface area contributed by atoms with Crippen molar-refractivity contribution < 1.29 is 23.8 Å². The van der Waals surface area contributed by atoms with Crippen LogP contribution in [0.15, 0.2) is 66.9 Å². The Morgan fingerprint density at radius 3 is 2.27 bits per heavy atom. The molecule has 0 saturated carbocycles. The largest absolute Gasteiger partial charge is 0.497 e. The van der Waals surface area contributed by atoms with Crippen molar-refractivity contribution in [1.29, 1.82) is 0 Å². The van der Waals surface area contributed by atoms with Gasteiger partial charge in [-0.3, -0.25) is 9.69 Å². The summed E-state index contributed by atoms with van der Waals surface area (Å²) in [6.45, 7) is 13.4. The summed E-state index contributed by atoms with van der Waals surface area (Å²) in [6.07, 6.45) is 0.937. The summed E-state index contributed by atoms with van der Waals surface area (Å²) in [7, 11) is 4.96. The number of nitrogens with one attached hydrogen (secondary N) is 1. The zero-order valence-electron chi connectivity index (χ0n) is 29.2. The van der Waals surface area contributed by atoms with Gasteiger partial charge in [-0.2, -0.15) is 4.98 Å². The Bertz CT molecular complexity index is 1700. The van der Waals surface area contributed by atoms with E-state index < -0.39 is 6.09 Å². The van der Waals surface area contributed by atoms with E-state index >= 15 is 0 Å². The summed E-state index contributed by atoms with van der Waals surface area (Å²) in [4.78, 5) is 41.7. The maximum absolute atomic E-state index is 14.0. The fraction of sp³-hybridized carbons (Fsp3) is 0.351. The molecule has 0 aliphatic heterocycles. The van der Waals surface area contributed by atoms with Crippen molar-refractivity contribution in [2.75, 3.05) is 57.7 Å². The molecule has 1 aromatic heterocycles. The monoisotopic (exact) mass is 654 g/mol. The molecule has 11 heteroatoms. The van der Waals surface area contributed by atoms with Crippen LogP contribution >= 0.6 is 0 Å². The molecule has 48 heavy (non-hydrogen) atoms. The number of aromatic nitrogens is 2. The summed E-state index contributed by atoms with van der Waals surface area (Å²) in [6, 6.07) is 18.2. The van der Waals surface area contributed by atoms with Crippen molar-refractivity contribution in [3.63, 3.8) is 0 Å². The van der Waals surface area contributed by atoms with E-state index in [0.717, 1.165) is 36.3 Å². The van der Waals surface area contributed by atoms with Gasteiger partial charge in [0.2, 0.25) is 5.95 Å². The van der Waals surface area contributed by atoms with Crippen LogP contribution in [0, 0.1) is 20.8 Å². The van der Waals surface area contributed by atoms with Crippen LogP contribution in [-0.4, -0.2) is 79.2 Å². The van der Waals surface area contributed by atoms with Gasteiger partial charge in [0.25, 0.3) is 5.91 Å². The lowest BCUT2D eigenvalue weighted by Crippen LogP contribution is -2.36. The number of hydrogen-bond donors (Lipinski definition) is 1. The first-order chi connectivity index (χ1) is 23.1. The number of likely N-dealkylation sites (N-methyl/N-ethyl adjacent to an activating group) is 2. The summed E-state index contributed by atoms with van der Waals surface area (Å²) >= 11 is 0. The lowest BCUT2D eigenvalue weighted by Gasteiger charge is -2.24. The first-order valence-electron chi connectivity index (χ1n) is 16.0. The highest BCUT2D eigenvalue weighted by atomic mass is 16.6. The van der Waals surface area contributed by atoms with Gasteiger partial charge in [0.15, 0.2) is 0 Å². The lowest BCUT2D eigenvalue weighted by atomic mass is 10.1. The fourth-order valence-electron chi connectivity index (χ4n) is 5.46. The van der Waals surface area contributed by atoms with Crippen LogP contribution in [-0.2, 0) is 6.54 Å². The van der Waals surface area contributed by atoms with E-state index in [1.807, 2.05) is 58.2 Å². The predicted molar refractivity (Wildman–Crippen MR) is 189 cm³/mol. The highest BCUT2D eigenvalue weighted by Crippen LogP contribution is 2.30. The number of aryl methyl sites for hydroxylation is 3. The van der Waals surface area contributed by atoms with Crippen molar-refractivity contribution in [2.24, 2.45) is 0 Å². The van der Waals surface area contributed by atoms with Crippen LogP contribution in [0.3, 0.4) is 0 Å². The van der Waals surface area contributed by atoms with Gasteiger partial charge in [0.05, 0.1) is 20.8 Å². The van der Waals surface area contributed by atoms with Crippen molar-refractivity contribution >= 4 is 29.5 Å². The molecule has 0 saturated heterocycles. The van der Waals surface area contributed by atoms with Gasteiger partial charge in [0.1, 0.15) is 23.1 Å². The molecular weight excluding hydrogens is 608 g/mol. The first-order valence-corrected chi connectivity index (χ1v) is 16.0. The lowest BCUT2D eigenvalue weighted by molar-refractivity contribution is 0.0779. The normalized spacial score (nSPS) is 10.9. The summed E-state index contributed by atoms with van der Waals surface area (Å²) in [5.41, 5.74) is 4.62. The summed E-state index contributed by atoms with van der Waals surface area (Å²) < 4.78 is 17.1. The second-order valence-electron chi connectivity index (χ2n) is 11.6. The number of benzene rings is 3. The number of carbonyl (C=O) groups is 2. The predicted octanol–water partition coefficient (Wildman–Crippen LogP) is 6.78. The molecule has 3 aromatic carbocycles. The molecule has 11 nitrogen and oxygen atoms in total. The van der Waals surface area contributed by atoms with Gasteiger partial charge in [0, 0.05) is 43.1 Å². The minimum atomic E-state index is -0.625. The summed E-state index contributed by atoms with van der Waals surface area (Å²) in [5, 5.41) is 3.19. The Balaban J connectivity index is 1.63. The number of anilines is 3. The molecule has 254 valence electrons. The number of nitrogens with zero attached hydrogens (tertiary/aromatic N) is 5. The van der Waals surface area contributed by atoms with Crippen LogP contribution in [0.5, 0.6) is 17.2 Å². The number of ether oxygens (including phenoxy) is 3. The Hall–Kier alpha value is -5.16. The smallest absolute Gasteiger partial charge is 0.421 e. The van der Waals surface area contributed by atoms with Gasteiger partial charge >= 0.3 is 6.09 Å². The molecule has 0 radical (unpaired) electrons. The van der Waals surface area contributed by atoms with Crippen molar-refractivity contribution in [3.8, 4) is 17.2 Å². The van der Waals surface area contributed by atoms with E-state index in [9.17, 15) is 9.59 Å². The zero-order chi connectivity index (χ0) is 34.8. The molecule has 0 bridgehead atoms. The number of carbonyl (C=O) groups excluding carboxylic acids is 2. The third-order valence-electron chi connectivity index (χ3n) is 8.11. The maximum Gasteiger partial charge on any atom is 0.421 e. The molecule has 1 heterocycles. The fourth-order valence-corrected chi connectivity index (χ4v) is 5.46. The second kappa shape index (κ2) is 16.6. The molecule has 4 aromatic rings. The second-order valence-corrected chi connectivity index (χ2v) is 11.6.